The second-order valence-corrected chi connectivity index (χ2v) is 5.86. The Morgan fingerprint density at radius 3 is 2.62 bits per heavy atom. The second-order valence-electron chi connectivity index (χ2n) is 5.01. The summed E-state index contributed by atoms with van der Waals surface area (Å²) in [4.78, 5) is 8.20. The lowest BCUT2D eigenvalue weighted by molar-refractivity contribution is 0.354. The van der Waals surface area contributed by atoms with E-state index < -0.39 is 0 Å². The van der Waals surface area contributed by atoms with Gasteiger partial charge in [-0.2, -0.15) is 0 Å². The molecular formula is C17H15BrFN3O2. The van der Waals surface area contributed by atoms with Gasteiger partial charge in [-0.25, -0.2) is 14.4 Å². The first-order chi connectivity index (χ1) is 11.6. The third-order valence-electron chi connectivity index (χ3n) is 3.61. The number of methoxy groups -OCH3 is 2. The molecule has 0 saturated heterocycles. The summed E-state index contributed by atoms with van der Waals surface area (Å²) in [5, 5.41) is 3.85. The van der Waals surface area contributed by atoms with E-state index in [2.05, 4.69) is 31.2 Å². The number of nitrogens with one attached hydrogen (secondary N) is 1. The molecule has 2 aromatic carbocycles. The smallest absolute Gasteiger partial charge is 0.161 e. The van der Waals surface area contributed by atoms with Gasteiger partial charge in [-0.1, -0.05) is 22.0 Å². The van der Waals surface area contributed by atoms with Crippen LogP contribution in [-0.2, 0) is 6.54 Å². The Morgan fingerprint density at radius 1 is 1.12 bits per heavy atom. The van der Waals surface area contributed by atoms with Crippen molar-refractivity contribution in [1.82, 2.24) is 9.97 Å². The van der Waals surface area contributed by atoms with Crippen molar-refractivity contribution in [2.24, 2.45) is 0 Å². The summed E-state index contributed by atoms with van der Waals surface area (Å²) in [6, 6.07) is 8.51. The first-order valence-corrected chi connectivity index (χ1v) is 7.97. The van der Waals surface area contributed by atoms with E-state index in [0.717, 1.165) is 10.0 Å². The van der Waals surface area contributed by atoms with Crippen LogP contribution in [0.25, 0.3) is 10.9 Å². The number of nitrogens with zero attached hydrogens (tertiary/aromatic N) is 2. The molecule has 24 heavy (non-hydrogen) atoms. The summed E-state index contributed by atoms with van der Waals surface area (Å²) in [7, 11) is 3.17. The highest BCUT2D eigenvalue weighted by molar-refractivity contribution is 9.10. The van der Waals surface area contributed by atoms with Crippen molar-refractivity contribution in [3.8, 4) is 11.5 Å². The number of hydrogen-bond acceptors (Lipinski definition) is 5. The number of fused-ring (bicyclic) bond motifs is 1. The largest absolute Gasteiger partial charge is 0.493 e. The average molecular weight is 392 g/mol. The molecule has 3 aromatic rings. The van der Waals surface area contributed by atoms with Gasteiger partial charge < -0.3 is 14.8 Å². The molecule has 0 unspecified atom stereocenters. The van der Waals surface area contributed by atoms with E-state index in [0.29, 0.717) is 34.8 Å². The molecule has 7 heteroatoms. The molecule has 0 aliphatic carbocycles. The molecule has 0 bridgehead atoms. The minimum absolute atomic E-state index is 0.293. The zero-order valence-electron chi connectivity index (χ0n) is 13.1. The number of hydrogen-bond donors (Lipinski definition) is 1. The molecule has 0 aliphatic rings. The molecule has 124 valence electrons. The monoisotopic (exact) mass is 391 g/mol. The molecule has 0 aliphatic heterocycles. The fourth-order valence-corrected chi connectivity index (χ4v) is 2.87. The van der Waals surface area contributed by atoms with Crippen molar-refractivity contribution in [1.29, 1.82) is 0 Å². The van der Waals surface area contributed by atoms with Crippen LogP contribution < -0.4 is 14.8 Å². The van der Waals surface area contributed by atoms with Gasteiger partial charge in [0.2, 0.25) is 0 Å². The molecule has 5 nitrogen and oxygen atoms in total. The summed E-state index contributed by atoms with van der Waals surface area (Å²) in [6.45, 7) is 0.476. The van der Waals surface area contributed by atoms with Gasteiger partial charge in [0.25, 0.3) is 0 Å². The molecule has 0 saturated carbocycles. The highest BCUT2D eigenvalue weighted by atomic mass is 79.9. The van der Waals surface area contributed by atoms with E-state index in [9.17, 15) is 4.39 Å². The van der Waals surface area contributed by atoms with Gasteiger partial charge in [0.1, 0.15) is 23.5 Å². The normalized spacial score (nSPS) is 10.7. The Kier molecular flexibility index (Phi) is 4.80. The Balaban J connectivity index is 1.90. The van der Waals surface area contributed by atoms with Crippen molar-refractivity contribution in [2.75, 3.05) is 19.5 Å². The van der Waals surface area contributed by atoms with Crippen LogP contribution in [0.5, 0.6) is 11.5 Å². The van der Waals surface area contributed by atoms with Gasteiger partial charge in [0.15, 0.2) is 11.5 Å². The molecule has 0 fully saturated rings. The van der Waals surface area contributed by atoms with Crippen LogP contribution in [0.4, 0.5) is 10.2 Å². The molecule has 0 spiro atoms. The lowest BCUT2D eigenvalue weighted by atomic mass is 10.2. The zero-order chi connectivity index (χ0) is 17.1. The predicted molar refractivity (Wildman–Crippen MR) is 94.1 cm³/mol. The van der Waals surface area contributed by atoms with Gasteiger partial charge in [0, 0.05) is 16.4 Å². The third kappa shape index (κ3) is 3.12. The number of benzene rings is 2. The van der Waals surface area contributed by atoms with Crippen molar-refractivity contribution in [3.05, 3.63) is 52.5 Å². The minimum atomic E-state index is -0.370. The van der Waals surface area contributed by atoms with E-state index in [-0.39, 0.29) is 5.82 Å². The van der Waals surface area contributed by atoms with Crippen LogP contribution >= 0.6 is 15.9 Å². The van der Waals surface area contributed by atoms with E-state index in [4.69, 9.17) is 9.47 Å². The van der Waals surface area contributed by atoms with Crippen LogP contribution in [-0.4, -0.2) is 24.2 Å². The molecule has 1 aromatic heterocycles. The summed E-state index contributed by atoms with van der Waals surface area (Å²) in [6.07, 6.45) is 1.34. The third-order valence-corrected chi connectivity index (χ3v) is 4.35. The highest BCUT2D eigenvalue weighted by Crippen LogP contribution is 2.33. The number of anilines is 1. The Labute approximate surface area is 147 Å². The molecule has 0 atom stereocenters. The molecule has 3 rings (SSSR count). The number of aromatic nitrogens is 2. The SMILES string of the molecule is COc1cc(Br)c(CNc2ncnc3c(F)cccc23)cc1OC. The number of ether oxygens (including phenoxy) is 2. The average Bonchev–Trinajstić information content (AvgIpc) is 2.60. The van der Waals surface area contributed by atoms with Crippen LogP contribution in [0.1, 0.15) is 5.56 Å². The predicted octanol–water partition coefficient (Wildman–Crippen LogP) is 4.16. The second kappa shape index (κ2) is 7.00. The zero-order valence-corrected chi connectivity index (χ0v) is 14.7. The van der Waals surface area contributed by atoms with Crippen LogP contribution in [0.2, 0.25) is 0 Å². The molecule has 1 heterocycles. The maximum absolute atomic E-state index is 13.8. The lowest BCUT2D eigenvalue weighted by Crippen LogP contribution is -2.04. The van der Waals surface area contributed by atoms with Gasteiger partial charge in [-0.05, 0) is 29.8 Å². The van der Waals surface area contributed by atoms with Crippen molar-refractivity contribution in [3.63, 3.8) is 0 Å². The first-order valence-electron chi connectivity index (χ1n) is 7.17. The van der Waals surface area contributed by atoms with Crippen LogP contribution in [0, 0.1) is 5.82 Å². The molecule has 1 N–H and O–H groups in total. The van der Waals surface area contributed by atoms with Gasteiger partial charge in [0.05, 0.1) is 14.2 Å². The fraction of sp³-hybridized carbons (Fsp3) is 0.176. The summed E-state index contributed by atoms with van der Waals surface area (Å²) in [5.74, 6) is 1.48. The molecular weight excluding hydrogens is 377 g/mol. The topological polar surface area (TPSA) is 56.3 Å². The summed E-state index contributed by atoms with van der Waals surface area (Å²) >= 11 is 3.52. The summed E-state index contributed by atoms with van der Waals surface area (Å²) < 4.78 is 25.3. The van der Waals surface area contributed by atoms with Gasteiger partial charge in [-0.15, -0.1) is 0 Å². The van der Waals surface area contributed by atoms with E-state index >= 15 is 0 Å². The van der Waals surface area contributed by atoms with Gasteiger partial charge in [-0.3, -0.25) is 0 Å². The Morgan fingerprint density at radius 2 is 1.88 bits per heavy atom. The number of halogens is 2. The number of rotatable bonds is 5. The first kappa shape index (κ1) is 16.4. The number of para-hydroxylation sites is 1. The molecule has 0 amide bonds. The van der Waals surface area contributed by atoms with Gasteiger partial charge >= 0.3 is 0 Å². The van der Waals surface area contributed by atoms with Crippen LogP contribution in [0.3, 0.4) is 0 Å². The minimum Gasteiger partial charge on any atom is -0.493 e. The quantitative estimate of drug-likeness (QED) is 0.707. The maximum atomic E-state index is 13.8. The maximum Gasteiger partial charge on any atom is 0.161 e. The van der Waals surface area contributed by atoms with E-state index in [1.807, 2.05) is 12.1 Å². The summed E-state index contributed by atoms with van der Waals surface area (Å²) in [5.41, 5.74) is 1.25. The van der Waals surface area contributed by atoms with Crippen molar-refractivity contribution >= 4 is 32.7 Å². The van der Waals surface area contributed by atoms with E-state index in [1.165, 1.54) is 12.4 Å². The highest BCUT2D eigenvalue weighted by Gasteiger charge is 2.11. The Hall–Kier alpha value is -2.41. The van der Waals surface area contributed by atoms with Crippen LogP contribution in [0.15, 0.2) is 41.1 Å². The Bertz CT molecular complexity index is 889. The molecule has 0 radical (unpaired) electrons. The van der Waals surface area contributed by atoms with E-state index in [1.54, 1.807) is 26.4 Å². The van der Waals surface area contributed by atoms with Crippen molar-refractivity contribution in [2.45, 2.75) is 6.54 Å². The lowest BCUT2D eigenvalue weighted by Gasteiger charge is -2.13. The van der Waals surface area contributed by atoms with Crippen molar-refractivity contribution < 1.29 is 13.9 Å². The fourth-order valence-electron chi connectivity index (χ4n) is 2.40. The standard InChI is InChI=1S/C17H15BrFN3O2/c1-23-14-6-10(12(18)7-15(14)24-2)8-20-17-11-4-3-5-13(19)16(11)21-9-22-17/h3-7,9H,8H2,1-2H3,(H,20,21,22).